The van der Waals surface area contributed by atoms with Crippen molar-refractivity contribution in [3.8, 4) is 0 Å². The van der Waals surface area contributed by atoms with Gasteiger partial charge in [-0.3, -0.25) is 4.79 Å². The van der Waals surface area contributed by atoms with Gasteiger partial charge >= 0.3 is 0 Å². The molecule has 0 aliphatic carbocycles. The van der Waals surface area contributed by atoms with Crippen LogP contribution in [0, 0.1) is 10.7 Å². The van der Waals surface area contributed by atoms with E-state index in [1.807, 2.05) is 13.0 Å². The molecule has 0 radical (unpaired) electrons. The average Bonchev–Trinajstić information content (AvgIpc) is 2.43. The lowest BCUT2D eigenvalue weighted by Gasteiger charge is -2.28. The standard InChI is InChI=1S/C13H12ClI3N2O2/c1-7(19-2-4-21-5-3-19)18-12-9(16)6-8(15)10(11(12)17)13(14)20/h6H,2-5H2,1H3. The van der Waals surface area contributed by atoms with Crippen LogP contribution in [0.25, 0.3) is 0 Å². The number of carbonyl (C=O) groups is 1. The van der Waals surface area contributed by atoms with Crippen LogP contribution >= 0.6 is 79.4 Å². The lowest BCUT2D eigenvalue weighted by molar-refractivity contribution is 0.0678. The second-order valence-electron chi connectivity index (χ2n) is 4.41. The summed E-state index contributed by atoms with van der Waals surface area (Å²) >= 11 is 12.2. The van der Waals surface area contributed by atoms with Gasteiger partial charge in [0, 0.05) is 20.2 Å². The number of aliphatic imine (C=N–C) groups is 1. The van der Waals surface area contributed by atoms with E-state index in [0.29, 0.717) is 5.56 Å². The van der Waals surface area contributed by atoms with Gasteiger partial charge in [-0.2, -0.15) is 0 Å². The molecule has 1 heterocycles. The van der Waals surface area contributed by atoms with Gasteiger partial charge in [0.15, 0.2) is 0 Å². The van der Waals surface area contributed by atoms with Gasteiger partial charge in [0.25, 0.3) is 5.24 Å². The largest absolute Gasteiger partial charge is 0.378 e. The quantitative estimate of drug-likeness (QED) is 0.209. The summed E-state index contributed by atoms with van der Waals surface area (Å²) in [6.07, 6.45) is 0. The van der Waals surface area contributed by atoms with E-state index in [4.69, 9.17) is 21.3 Å². The Hall–Kier alpha value is 0.800. The third-order valence-corrected chi connectivity index (χ3v) is 6.00. The van der Waals surface area contributed by atoms with Crippen LogP contribution in [-0.4, -0.2) is 42.3 Å². The van der Waals surface area contributed by atoms with E-state index < -0.39 is 5.24 Å². The van der Waals surface area contributed by atoms with Gasteiger partial charge < -0.3 is 9.64 Å². The Balaban J connectivity index is 2.43. The normalized spacial score (nSPS) is 16.2. The first-order valence-electron chi connectivity index (χ1n) is 6.17. The van der Waals surface area contributed by atoms with E-state index in [0.717, 1.165) is 48.5 Å². The fourth-order valence-electron chi connectivity index (χ4n) is 1.98. The number of nitrogens with zero attached hydrogens (tertiary/aromatic N) is 2. The monoisotopic (exact) mass is 644 g/mol. The minimum atomic E-state index is -0.444. The summed E-state index contributed by atoms with van der Waals surface area (Å²) in [5.74, 6) is 0.934. The number of hydrogen-bond acceptors (Lipinski definition) is 3. The number of rotatable bonds is 2. The van der Waals surface area contributed by atoms with Crippen LogP contribution in [0.1, 0.15) is 17.3 Å². The van der Waals surface area contributed by atoms with E-state index in [1.54, 1.807) is 0 Å². The minimum absolute atomic E-state index is 0.444. The zero-order valence-electron chi connectivity index (χ0n) is 11.1. The molecule has 0 atom stereocenters. The molecule has 1 aromatic carbocycles. The van der Waals surface area contributed by atoms with Crippen molar-refractivity contribution in [2.24, 2.45) is 4.99 Å². The van der Waals surface area contributed by atoms with Crippen molar-refractivity contribution >= 4 is 96.1 Å². The molecule has 0 N–H and O–H groups in total. The second kappa shape index (κ2) is 8.06. The Bertz CT molecular complexity index is 602. The van der Waals surface area contributed by atoms with Crippen LogP contribution in [0.4, 0.5) is 5.69 Å². The van der Waals surface area contributed by atoms with Gasteiger partial charge in [0.2, 0.25) is 0 Å². The van der Waals surface area contributed by atoms with E-state index in [9.17, 15) is 4.79 Å². The van der Waals surface area contributed by atoms with Crippen molar-refractivity contribution < 1.29 is 9.53 Å². The highest BCUT2D eigenvalue weighted by molar-refractivity contribution is 14.1. The van der Waals surface area contributed by atoms with Gasteiger partial charge in [-0.15, -0.1) is 0 Å². The van der Waals surface area contributed by atoms with E-state index >= 15 is 0 Å². The summed E-state index contributed by atoms with van der Waals surface area (Å²) in [4.78, 5) is 18.5. The van der Waals surface area contributed by atoms with Crippen molar-refractivity contribution in [3.63, 3.8) is 0 Å². The summed E-state index contributed by atoms with van der Waals surface area (Å²) in [6.45, 7) is 5.11. The SMILES string of the molecule is CC(=Nc1c(I)cc(I)c(C(=O)Cl)c1I)N1CCOCC1. The minimum Gasteiger partial charge on any atom is -0.378 e. The number of benzene rings is 1. The molecule has 0 unspecified atom stereocenters. The maximum atomic E-state index is 11.6. The molecule has 0 amide bonds. The molecular weight excluding hydrogens is 632 g/mol. The summed E-state index contributed by atoms with van der Waals surface area (Å²) in [7, 11) is 0. The summed E-state index contributed by atoms with van der Waals surface area (Å²) in [5.41, 5.74) is 1.34. The second-order valence-corrected chi connectivity index (χ2v) is 8.16. The average molecular weight is 644 g/mol. The molecule has 0 aromatic heterocycles. The van der Waals surface area contributed by atoms with Crippen molar-refractivity contribution in [2.75, 3.05) is 26.3 Å². The van der Waals surface area contributed by atoms with Gasteiger partial charge in [-0.1, -0.05) is 0 Å². The zero-order chi connectivity index (χ0) is 15.6. The van der Waals surface area contributed by atoms with Crippen molar-refractivity contribution in [1.29, 1.82) is 0 Å². The van der Waals surface area contributed by atoms with Crippen molar-refractivity contribution in [1.82, 2.24) is 4.90 Å². The third kappa shape index (κ3) is 4.42. The number of amidine groups is 1. The molecule has 1 aromatic rings. The number of halogens is 4. The highest BCUT2D eigenvalue weighted by Crippen LogP contribution is 2.34. The molecule has 0 bridgehead atoms. The maximum absolute atomic E-state index is 11.6. The number of morpholine rings is 1. The Morgan fingerprint density at radius 1 is 1.29 bits per heavy atom. The number of hydrogen-bond donors (Lipinski definition) is 0. The Morgan fingerprint density at radius 2 is 1.90 bits per heavy atom. The summed E-state index contributed by atoms with van der Waals surface area (Å²) in [5, 5.41) is -0.444. The zero-order valence-corrected chi connectivity index (χ0v) is 18.4. The van der Waals surface area contributed by atoms with Crippen LogP contribution in [0.3, 0.4) is 0 Å². The molecule has 1 fully saturated rings. The molecule has 1 saturated heterocycles. The van der Waals surface area contributed by atoms with Crippen LogP contribution < -0.4 is 0 Å². The van der Waals surface area contributed by atoms with Crippen molar-refractivity contribution in [3.05, 3.63) is 22.3 Å². The topological polar surface area (TPSA) is 41.9 Å². The molecule has 4 nitrogen and oxygen atoms in total. The number of carbonyl (C=O) groups excluding carboxylic acids is 1. The molecule has 8 heteroatoms. The molecule has 0 saturated carbocycles. The first kappa shape index (κ1) is 18.1. The first-order chi connectivity index (χ1) is 9.91. The van der Waals surface area contributed by atoms with E-state index in [2.05, 4.69) is 72.7 Å². The fourth-order valence-corrected chi connectivity index (χ4v) is 6.60. The highest BCUT2D eigenvalue weighted by Gasteiger charge is 2.19. The fraction of sp³-hybridized carbons (Fsp3) is 0.385. The third-order valence-electron chi connectivity index (χ3n) is 3.08. The lowest BCUT2D eigenvalue weighted by Crippen LogP contribution is -2.39. The Labute approximate surface area is 169 Å². The Morgan fingerprint density at radius 3 is 2.48 bits per heavy atom. The smallest absolute Gasteiger partial charge is 0.254 e. The molecule has 21 heavy (non-hydrogen) atoms. The van der Waals surface area contributed by atoms with Crippen LogP contribution in [0.5, 0.6) is 0 Å². The van der Waals surface area contributed by atoms with Gasteiger partial charge in [0.1, 0.15) is 5.84 Å². The summed E-state index contributed by atoms with van der Waals surface area (Å²) < 4.78 is 8.01. The predicted octanol–water partition coefficient (Wildman–Crippen LogP) is 4.26. The molecule has 1 aliphatic heterocycles. The van der Waals surface area contributed by atoms with Gasteiger partial charge in [0.05, 0.1) is 28.0 Å². The van der Waals surface area contributed by atoms with Crippen LogP contribution in [0.15, 0.2) is 11.1 Å². The van der Waals surface area contributed by atoms with E-state index in [1.165, 1.54) is 0 Å². The summed E-state index contributed by atoms with van der Waals surface area (Å²) in [6, 6.07) is 1.93. The Kier molecular flexibility index (Phi) is 6.97. The van der Waals surface area contributed by atoms with Crippen LogP contribution in [-0.2, 0) is 4.74 Å². The predicted molar refractivity (Wildman–Crippen MR) is 110 cm³/mol. The number of ether oxygens (including phenoxy) is 1. The molecular formula is C13H12ClI3N2O2. The lowest BCUT2D eigenvalue weighted by atomic mass is 10.2. The van der Waals surface area contributed by atoms with Gasteiger partial charge in [-0.25, -0.2) is 4.99 Å². The van der Waals surface area contributed by atoms with Gasteiger partial charge in [-0.05, 0) is 92.4 Å². The molecule has 1 aliphatic rings. The van der Waals surface area contributed by atoms with Crippen LogP contribution in [0.2, 0.25) is 0 Å². The maximum Gasteiger partial charge on any atom is 0.254 e. The molecule has 0 spiro atoms. The molecule has 2 rings (SSSR count). The van der Waals surface area contributed by atoms with E-state index in [-0.39, 0.29) is 0 Å². The first-order valence-corrected chi connectivity index (χ1v) is 9.78. The van der Waals surface area contributed by atoms with Crippen molar-refractivity contribution in [2.45, 2.75) is 6.92 Å². The highest BCUT2D eigenvalue weighted by atomic mass is 127. The molecule has 114 valence electrons.